The summed E-state index contributed by atoms with van der Waals surface area (Å²) in [5, 5.41) is 20.5. The van der Waals surface area contributed by atoms with Crippen LogP contribution in [0.1, 0.15) is 21.7 Å². The topological polar surface area (TPSA) is 117 Å². The molecule has 4 rings (SSSR count). The highest BCUT2D eigenvalue weighted by atomic mass is 16.5. The lowest BCUT2D eigenvalue weighted by atomic mass is 10.1. The summed E-state index contributed by atoms with van der Waals surface area (Å²) in [6, 6.07) is 1.83. The van der Waals surface area contributed by atoms with Gasteiger partial charge in [-0.2, -0.15) is 5.10 Å². The Morgan fingerprint density at radius 1 is 1.43 bits per heavy atom. The Hall–Kier alpha value is -2.56. The van der Waals surface area contributed by atoms with Crippen LogP contribution in [0.15, 0.2) is 18.6 Å². The van der Waals surface area contributed by atoms with Gasteiger partial charge in [0.15, 0.2) is 0 Å². The Morgan fingerprint density at radius 3 is 3.07 bits per heavy atom. The molecule has 2 aliphatic rings. The number of fused-ring (bicyclic) bond motifs is 1. The SMILES string of the molecule is Cn1ncc2c1CCN(C[C@@H](O)CNC(=O)c1cc(NC3COC3)ncn1)C2. The van der Waals surface area contributed by atoms with E-state index in [9.17, 15) is 9.90 Å². The molecule has 0 unspecified atom stereocenters. The van der Waals surface area contributed by atoms with Gasteiger partial charge < -0.3 is 20.5 Å². The first-order valence-corrected chi connectivity index (χ1v) is 9.43. The zero-order chi connectivity index (χ0) is 19.5. The van der Waals surface area contributed by atoms with Gasteiger partial charge >= 0.3 is 0 Å². The molecule has 150 valence electrons. The van der Waals surface area contributed by atoms with Crippen molar-refractivity contribution in [3.63, 3.8) is 0 Å². The van der Waals surface area contributed by atoms with E-state index < -0.39 is 6.10 Å². The fraction of sp³-hybridized carbons (Fsp3) is 0.556. The number of aromatic nitrogens is 4. The number of carbonyl (C=O) groups is 1. The molecule has 0 saturated carbocycles. The van der Waals surface area contributed by atoms with Crippen molar-refractivity contribution in [2.75, 3.05) is 38.2 Å². The van der Waals surface area contributed by atoms with E-state index in [2.05, 4.69) is 30.6 Å². The van der Waals surface area contributed by atoms with Gasteiger partial charge in [-0.15, -0.1) is 0 Å². The molecule has 10 heteroatoms. The molecule has 1 amide bonds. The fourth-order valence-corrected chi connectivity index (χ4v) is 3.45. The Labute approximate surface area is 162 Å². The second kappa shape index (κ2) is 8.21. The molecule has 0 bridgehead atoms. The van der Waals surface area contributed by atoms with Crippen molar-refractivity contribution < 1.29 is 14.6 Å². The molecular weight excluding hydrogens is 362 g/mol. The quantitative estimate of drug-likeness (QED) is 0.564. The molecule has 1 fully saturated rings. The number of rotatable bonds is 7. The molecule has 2 aromatic heterocycles. The Kier molecular flexibility index (Phi) is 5.51. The van der Waals surface area contributed by atoms with Gasteiger partial charge in [-0.3, -0.25) is 14.4 Å². The first-order valence-electron chi connectivity index (χ1n) is 9.43. The molecule has 1 saturated heterocycles. The van der Waals surface area contributed by atoms with Crippen LogP contribution in [0.4, 0.5) is 5.82 Å². The normalized spacial score (nSPS) is 18.2. The van der Waals surface area contributed by atoms with Crippen LogP contribution in [-0.4, -0.2) is 80.7 Å². The molecule has 4 heterocycles. The van der Waals surface area contributed by atoms with E-state index in [1.54, 1.807) is 6.07 Å². The number of nitrogens with one attached hydrogen (secondary N) is 2. The summed E-state index contributed by atoms with van der Waals surface area (Å²) in [6.45, 7) is 3.55. The number of nitrogens with zero attached hydrogens (tertiary/aromatic N) is 5. The summed E-state index contributed by atoms with van der Waals surface area (Å²) < 4.78 is 7.02. The van der Waals surface area contributed by atoms with Crippen LogP contribution in [0.5, 0.6) is 0 Å². The Bertz CT molecular complexity index is 836. The predicted molar refractivity (Wildman–Crippen MR) is 101 cm³/mol. The van der Waals surface area contributed by atoms with Crippen molar-refractivity contribution in [1.82, 2.24) is 30.0 Å². The van der Waals surface area contributed by atoms with Crippen LogP contribution in [0, 0.1) is 0 Å². The van der Waals surface area contributed by atoms with Crippen molar-refractivity contribution in [2.45, 2.75) is 25.1 Å². The van der Waals surface area contributed by atoms with Crippen LogP contribution in [0.25, 0.3) is 0 Å². The average Bonchev–Trinajstić information content (AvgIpc) is 3.03. The first kappa shape index (κ1) is 18.8. The standard InChI is InChI=1S/C18H25N7O3/c1-24-16-2-3-25(7-12(16)5-22-24)8-14(26)6-19-18(27)15-4-17(21-11-20-15)23-13-9-28-10-13/h4-5,11,13-14,26H,2-3,6-10H2,1H3,(H,19,27)(H,20,21,23)/t14-/m0/s1. The third kappa shape index (κ3) is 4.29. The van der Waals surface area contributed by atoms with Crippen LogP contribution in [0.2, 0.25) is 0 Å². The Morgan fingerprint density at radius 2 is 2.29 bits per heavy atom. The van der Waals surface area contributed by atoms with Crippen LogP contribution in [0.3, 0.4) is 0 Å². The lowest BCUT2D eigenvalue weighted by molar-refractivity contribution is 0.0209. The van der Waals surface area contributed by atoms with Gasteiger partial charge in [0.1, 0.15) is 17.8 Å². The molecule has 0 aliphatic carbocycles. The number of anilines is 1. The van der Waals surface area contributed by atoms with E-state index in [0.717, 1.165) is 19.5 Å². The monoisotopic (exact) mass is 387 g/mol. The van der Waals surface area contributed by atoms with E-state index >= 15 is 0 Å². The van der Waals surface area contributed by atoms with Gasteiger partial charge in [0.2, 0.25) is 0 Å². The summed E-state index contributed by atoms with van der Waals surface area (Å²) >= 11 is 0. The number of aliphatic hydroxyl groups is 1. The van der Waals surface area contributed by atoms with E-state index in [1.807, 2.05) is 17.9 Å². The maximum Gasteiger partial charge on any atom is 0.270 e. The maximum atomic E-state index is 12.3. The van der Waals surface area contributed by atoms with Crippen molar-refractivity contribution in [3.05, 3.63) is 35.5 Å². The van der Waals surface area contributed by atoms with Crippen molar-refractivity contribution in [1.29, 1.82) is 0 Å². The number of ether oxygens (including phenoxy) is 1. The summed E-state index contributed by atoms with van der Waals surface area (Å²) in [5.74, 6) is 0.261. The van der Waals surface area contributed by atoms with E-state index in [4.69, 9.17) is 4.74 Å². The summed E-state index contributed by atoms with van der Waals surface area (Å²) in [4.78, 5) is 22.6. The van der Waals surface area contributed by atoms with Gasteiger partial charge in [0.05, 0.1) is 31.6 Å². The molecule has 0 spiro atoms. The second-order valence-electron chi connectivity index (χ2n) is 7.26. The number of aliphatic hydroxyl groups excluding tert-OH is 1. The Balaban J connectivity index is 1.25. The number of hydrogen-bond donors (Lipinski definition) is 3. The average molecular weight is 387 g/mol. The second-order valence-corrected chi connectivity index (χ2v) is 7.26. The van der Waals surface area contributed by atoms with Crippen molar-refractivity contribution in [2.24, 2.45) is 7.05 Å². The highest BCUT2D eigenvalue weighted by Crippen LogP contribution is 2.17. The zero-order valence-electron chi connectivity index (χ0n) is 15.8. The minimum absolute atomic E-state index is 0.165. The van der Waals surface area contributed by atoms with Gasteiger partial charge in [0, 0.05) is 57.0 Å². The maximum absolute atomic E-state index is 12.3. The van der Waals surface area contributed by atoms with Gasteiger partial charge in [-0.05, 0) is 0 Å². The third-order valence-electron chi connectivity index (χ3n) is 5.06. The molecule has 3 N–H and O–H groups in total. The van der Waals surface area contributed by atoms with Crippen LogP contribution in [-0.2, 0) is 24.8 Å². The van der Waals surface area contributed by atoms with E-state index in [0.29, 0.717) is 25.6 Å². The molecular formula is C18H25N7O3. The summed E-state index contributed by atoms with van der Waals surface area (Å²) in [6.07, 6.45) is 3.49. The van der Waals surface area contributed by atoms with E-state index in [-0.39, 0.29) is 24.2 Å². The van der Waals surface area contributed by atoms with Crippen LogP contribution >= 0.6 is 0 Å². The number of amides is 1. The highest BCUT2D eigenvalue weighted by molar-refractivity contribution is 5.92. The van der Waals surface area contributed by atoms with Gasteiger partial charge in [0.25, 0.3) is 5.91 Å². The molecule has 10 nitrogen and oxygen atoms in total. The summed E-state index contributed by atoms with van der Waals surface area (Å²) in [7, 11) is 1.95. The zero-order valence-corrected chi connectivity index (χ0v) is 15.8. The molecule has 1 atom stereocenters. The smallest absolute Gasteiger partial charge is 0.270 e. The molecule has 0 aromatic carbocycles. The lowest BCUT2D eigenvalue weighted by Gasteiger charge is -2.28. The summed E-state index contributed by atoms with van der Waals surface area (Å²) in [5.41, 5.74) is 2.71. The minimum Gasteiger partial charge on any atom is -0.390 e. The molecule has 0 radical (unpaired) electrons. The largest absolute Gasteiger partial charge is 0.390 e. The third-order valence-corrected chi connectivity index (χ3v) is 5.06. The molecule has 28 heavy (non-hydrogen) atoms. The molecule has 2 aliphatic heterocycles. The lowest BCUT2D eigenvalue weighted by Crippen LogP contribution is -2.42. The highest BCUT2D eigenvalue weighted by Gasteiger charge is 2.22. The van der Waals surface area contributed by atoms with Gasteiger partial charge in [-0.1, -0.05) is 0 Å². The van der Waals surface area contributed by atoms with E-state index in [1.165, 1.54) is 17.6 Å². The van der Waals surface area contributed by atoms with Crippen molar-refractivity contribution >= 4 is 11.7 Å². The van der Waals surface area contributed by atoms with Crippen molar-refractivity contribution in [3.8, 4) is 0 Å². The minimum atomic E-state index is -0.659. The fourth-order valence-electron chi connectivity index (χ4n) is 3.45. The number of hydrogen-bond acceptors (Lipinski definition) is 8. The van der Waals surface area contributed by atoms with Crippen LogP contribution < -0.4 is 10.6 Å². The first-order chi connectivity index (χ1) is 13.6. The number of aryl methyl sites for hydroxylation is 1. The molecule has 2 aromatic rings. The predicted octanol–water partition coefficient (Wildman–Crippen LogP) is -0.830. The number of β-amino-alcohol motifs (C(OH)–C–C–N with tert-alkyl or cyclic N) is 1. The number of carbonyl (C=O) groups excluding carboxylic acids is 1. The van der Waals surface area contributed by atoms with Gasteiger partial charge in [-0.25, -0.2) is 9.97 Å².